The van der Waals surface area contributed by atoms with E-state index in [4.69, 9.17) is 21.5 Å². The molecule has 0 spiro atoms. The van der Waals surface area contributed by atoms with E-state index in [0.29, 0.717) is 5.02 Å². The standard InChI is InChI=1S/C17H18ClN3O7S2/c1-11(21-30(26,27)14-7-5-12(18)6-8-14)17(23)28-10-16(22)20-13-3-2-4-15(9-13)29(19,24)25/h2-9,11,21H,10H2,1H3,(H,20,22)(H2,19,24,25)/t11-/m0/s1. The van der Waals surface area contributed by atoms with Crippen molar-refractivity contribution in [1.82, 2.24) is 4.72 Å². The molecule has 30 heavy (non-hydrogen) atoms. The average Bonchev–Trinajstić information content (AvgIpc) is 2.65. The molecule has 2 aromatic carbocycles. The van der Waals surface area contributed by atoms with E-state index in [1.807, 2.05) is 0 Å². The van der Waals surface area contributed by atoms with Crippen molar-refractivity contribution in [2.24, 2.45) is 5.14 Å². The van der Waals surface area contributed by atoms with Crippen LogP contribution in [0.25, 0.3) is 0 Å². The lowest BCUT2D eigenvalue weighted by Crippen LogP contribution is -2.40. The van der Waals surface area contributed by atoms with Gasteiger partial charge in [0.15, 0.2) is 6.61 Å². The van der Waals surface area contributed by atoms with E-state index in [1.54, 1.807) is 0 Å². The van der Waals surface area contributed by atoms with E-state index < -0.39 is 44.6 Å². The molecule has 13 heteroatoms. The number of halogens is 1. The van der Waals surface area contributed by atoms with Crippen LogP contribution in [0.5, 0.6) is 0 Å². The van der Waals surface area contributed by atoms with E-state index in [9.17, 15) is 26.4 Å². The largest absolute Gasteiger partial charge is 0.454 e. The van der Waals surface area contributed by atoms with Gasteiger partial charge in [0.25, 0.3) is 5.91 Å². The number of carbonyl (C=O) groups excluding carboxylic acids is 2. The van der Waals surface area contributed by atoms with E-state index in [0.717, 1.165) is 6.07 Å². The van der Waals surface area contributed by atoms with Crippen molar-refractivity contribution in [3.63, 3.8) is 0 Å². The SMILES string of the molecule is C[C@H](NS(=O)(=O)c1ccc(Cl)cc1)C(=O)OCC(=O)Nc1cccc(S(N)(=O)=O)c1. The maximum absolute atomic E-state index is 12.3. The van der Waals surface area contributed by atoms with Crippen LogP contribution in [-0.4, -0.2) is 41.4 Å². The number of nitrogens with two attached hydrogens (primary N) is 1. The molecule has 0 saturated heterocycles. The molecule has 0 saturated carbocycles. The third kappa shape index (κ3) is 6.78. The summed E-state index contributed by atoms with van der Waals surface area (Å²) in [7, 11) is -7.96. The maximum Gasteiger partial charge on any atom is 0.324 e. The van der Waals surface area contributed by atoms with Crippen molar-refractivity contribution in [1.29, 1.82) is 0 Å². The van der Waals surface area contributed by atoms with Crippen LogP contribution >= 0.6 is 11.6 Å². The Balaban J connectivity index is 1.92. The molecule has 2 rings (SSSR count). The van der Waals surface area contributed by atoms with Crippen LogP contribution in [0.1, 0.15) is 6.92 Å². The van der Waals surface area contributed by atoms with Crippen LogP contribution in [0, 0.1) is 0 Å². The summed E-state index contributed by atoms with van der Waals surface area (Å²) in [4.78, 5) is 23.6. The van der Waals surface area contributed by atoms with Gasteiger partial charge in [0.05, 0.1) is 9.79 Å². The Morgan fingerprint density at radius 2 is 1.70 bits per heavy atom. The summed E-state index contributed by atoms with van der Waals surface area (Å²) < 4.78 is 54.1. The lowest BCUT2D eigenvalue weighted by atomic mass is 10.3. The van der Waals surface area contributed by atoms with Gasteiger partial charge in [-0.25, -0.2) is 22.0 Å². The van der Waals surface area contributed by atoms with Crippen molar-refractivity contribution in [3.8, 4) is 0 Å². The van der Waals surface area contributed by atoms with Crippen LogP contribution in [0.4, 0.5) is 5.69 Å². The maximum atomic E-state index is 12.3. The van der Waals surface area contributed by atoms with Gasteiger partial charge in [-0.05, 0) is 49.4 Å². The van der Waals surface area contributed by atoms with Crippen molar-refractivity contribution in [3.05, 3.63) is 53.6 Å². The zero-order chi connectivity index (χ0) is 22.5. The first-order valence-corrected chi connectivity index (χ1v) is 11.7. The monoisotopic (exact) mass is 475 g/mol. The minimum atomic E-state index is -4.01. The lowest BCUT2D eigenvalue weighted by molar-refractivity contribution is -0.148. The van der Waals surface area contributed by atoms with Gasteiger partial charge in [0.2, 0.25) is 20.0 Å². The van der Waals surface area contributed by atoms with Crippen molar-refractivity contribution in [2.45, 2.75) is 22.8 Å². The number of esters is 1. The molecule has 0 fully saturated rings. The van der Waals surface area contributed by atoms with Crippen molar-refractivity contribution < 1.29 is 31.2 Å². The summed E-state index contributed by atoms with van der Waals surface area (Å²) in [6.07, 6.45) is 0. The molecule has 162 valence electrons. The summed E-state index contributed by atoms with van der Waals surface area (Å²) in [6.45, 7) is 0.536. The van der Waals surface area contributed by atoms with Crippen LogP contribution in [-0.2, 0) is 34.4 Å². The highest BCUT2D eigenvalue weighted by molar-refractivity contribution is 7.89. The molecule has 0 aliphatic heterocycles. The number of hydrogen-bond acceptors (Lipinski definition) is 7. The smallest absolute Gasteiger partial charge is 0.324 e. The molecule has 1 atom stereocenters. The van der Waals surface area contributed by atoms with Crippen LogP contribution < -0.4 is 15.2 Å². The Kier molecular flexibility index (Phi) is 7.55. The van der Waals surface area contributed by atoms with Gasteiger partial charge in [-0.1, -0.05) is 17.7 Å². The topological polar surface area (TPSA) is 162 Å². The molecule has 0 aliphatic carbocycles. The number of amides is 1. The van der Waals surface area contributed by atoms with Crippen LogP contribution in [0.2, 0.25) is 5.02 Å². The predicted octanol–water partition coefficient (Wildman–Crippen LogP) is 0.836. The van der Waals surface area contributed by atoms with Crippen molar-refractivity contribution >= 4 is 49.2 Å². The Hall–Kier alpha value is -2.51. The zero-order valence-electron chi connectivity index (χ0n) is 15.5. The number of sulfonamides is 2. The first-order chi connectivity index (χ1) is 13.9. The molecule has 1 amide bonds. The third-order valence-electron chi connectivity index (χ3n) is 3.60. The normalized spacial score (nSPS) is 12.8. The molecule has 10 nitrogen and oxygen atoms in total. The number of anilines is 1. The van der Waals surface area contributed by atoms with Gasteiger partial charge < -0.3 is 10.1 Å². The van der Waals surface area contributed by atoms with Gasteiger partial charge >= 0.3 is 5.97 Å². The van der Waals surface area contributed by atoms with Crippen LogP contribution in [0.15, 0.2) is 58.3 Å². The average molecular weight is 476 g/mol. The Labute approximate surface area is 178 Å². The molecule has 0 heterocycles. The highest BCUT2D eigenvalue weighted by Crippen LogP contribution is 2.15. The number of benzene rings is 2. The Morgan fingerprint density at radius 1 is 1.07 bits per heavy atom. The molecular weight excluding hydrogens is 458 g/mol. The lowest BCUT2D eigenvalue weighted by Gasteiger charge is -2.14. The van der Waals surface area contributed by atoms with Gasteiger partial charge in [-0.3, -0.25) is 9.59 Å². The molecule has 2 aromatic rings. The molecule has 0 radical (unpaired) electrons. The van der Waals surface area contributed by atoms with Gasteiger partial charge in [0.1, 0.15) is 6.04 Å². The molecule has 0 aliphatic rings. The number of hydrogen-bond donors (Lipinski definition) is 3. The molecule has 0 unspecified atom stereocenters. The van der Waals surface area contributed by atoms with Gasteiger partial charge in [0, 0.05) is 10.7 Å². The minimum absolute atomic E-state index is 0.0981. The predicted molar refractivity (Wildman–Crippen MR) is 109 cm³/mol. The second-order valence-corrected chi connectivity index (χ2v) is 9.74. The number of ether oxygens (including phenoxy) is 1. The zero-order valence-corrected chi connectivity index (χ0v) is 17.9. The second kappa shape index (κ2) is 9.53. The summed E-state index contributed by atoms with van der Waals surface area (Å²) in [5.41, 5.74) is 0.124. The number of primary sulfonamides is 1. The first kappa shape index (κ1) is 23.8. The fourth-order valence-electron chi connectivity index (χ4n) is 2.17. The Morgan fingerprint density at radius 3 is 2.30 bits per heavy atom. The van der Waals surface area contributed by atoms with Gasteiger partial charge in [-0.15, -0.1) is 0 Å². The Bertz CT molecular complexity index is 1150. The van der Waals surface area contributed by atoms with Crippen LogP contribution in [0.3, 0.4) is 0 Å². The highest BCUT2D eigenvalue weighted by Gasteiger charge is 2.23. The second-order valence-electron chi connectivity index (χ2n) is 6.03. The molecule has 4 N–H and O–H groups in total. The summed E-state index contributed by atoms with van der Waals surface area (Å²) in [5, 5.41) is 7.71. The fourth-order valence-corrected chi connectivity index (χ4v) is 4.05. The van der Waals surface area contributed by atoms with E-state index in [-0.39, 0.29) is 15.5 Å². The van der Waals surface area contributed by atoms with Gasteiger partial charge in [-0.2, -0.15) is 4.72 Å². The number of nitrogens with one attached hydrogen (secondary N) is 2. The summed E-state index contributed by atoms with van der Waals surface area (Å²) in [6, 6.07) is 9.20. The molecule has 0 bridgehead atoms. The summed E-state index contributed by atoms with van der Waals surface area (Å²) >= 11 is 5.71. The van der Waals surface area contributed by atoms with Crippen molar-refractivity contribution in [2.75, 3.05) is 11.9 Å². The minimum Gasteiger partial charge on any atom is -0.454 e. The summed E-state index contributed by atoms with van der Waals surface area (Å²) in [5.74, 6) is -1.75. The number of carbonyl (C=O) groups is 2. The molecule has 0 aromatic heterocycles. The third-order valence-corrected chi connectivity index (χ3v) is 6.32. The molecular formula is C17H18ClN3O7S2. The first-order valence-electron chi connectivity index (χ1n) is 8.26. The van der Waals surface area contributed by atoms with E-state index >= 15 is 0 Å². The van der Waals surface area contributed by atoms with E-state index in [1.165, 1.54) is 49.4 Å². The van der Waals surface area contributed by atoms with E-state index in [2.05, 4.69) is 10.0 Å². The fraction of sp³-hybridized carbons (Fsp3) is 0.176. The quantitative estimate of drug-likeness (QED) is 0.476. The highest BCUT2D eigenvalue weighted by atomic mass is 35.5. The number of rotatable bonds is 8.